The van der Waals surface area contributed by atoms with Crippen molar-refractivity contribution in [3.05, 3.63) is 106 Å². The maximum absolute atomic E-state index is 12.8. The van der Waals surface area contributed by atoms with E-state index in [4.69, 9.17) is 0 Å². The second-order valence-electron chi connectivity index (χ2n) is 6.52. The molecule has 0 saturated heterocycles. The Morgan fingerprint density at radius 2 is 1.28 bits per heavy atom. The number of anilines is 2. The number of hydrogen-bond acceptors (Lipinski definition) is 2. The van der Waals surface area contributed by atoms with Crippen molar-refractivity contribution >= 4 is 56.6 Å². The van der Waals surface area contributed by atoms with Crippen LogP contribution in [0.25, 0.3) is 10.8 Å². The summed E-state index contributed by atoms with van der Waals surface area (Å²) in [5.74, 6) is -0.387. The second-order valence-corrected chi connectivity index (χ2v) is 7.77. The zero-order chi connectivity index (χ0) is 20.2. The average Bonchev–Trinajstić information content (AvgIpc) is 2.74. The number of benzene rings is 4. The Labute approximate surface area is 182 Å². The summed E-state index contributed by atoms with van der Waals surface area (Å²) < 4.78 is 1.07. The first-order valence-electron chi connectivity index (χ1n) is 9.06. The zero-order valence-electron chi connectivity index (χ0n) is 15.4. The lowest BCUT2D eigenvalue weighted by atomic mass is 10.0. The van der Waals surface area contributed by atoms with Gasteiger partial charge in [0.1, 0.15) is 0 Å². The fourth-order valence-corrected chi connectivity index (χ4v) is 3.46. The fourth-order valence-electron chi connectivity index (χ4n) is 3.10. The smallest absolute Gasteiger partial charge is 0.256 e. The molecule has 2 N–H and O–H groups in total. The molecule has 0 fully saturated rings. The number of carbonyl (C=O) groups is 2. The van der Waals surface area contributed by atoms with E-state index >= 15 is 0 Å². The van der Waals surface area contributed by atoms with Crippen molar-refractivity contribution in [2.75, 3.05) is 10.6 Å². The Morgan fingerprint density at radius 3 is 2.03 bits per heavy atom. The van der Waals surface area contributed by atoms with E-state index in [2.05, 4.69) is 33.2 Å². The predicted octanol–water partition coefficient (Wildman–Crippen LogP) is 5.95. The molecule has 0 aliphatic carbocycles. The summed E-state index contributed by atoms with van der Waals surface area (Å²) in [7, 11) is 0. The summed E-state index contributed by atoms with van der Waals surface area (Å²) in [5.41, 5.74) is 2.42. The Hall–Kier alpha value is -3.19. The molecule has 2 amide bonds. The van der Waals surface area contributed by atoms with Crippen molar-refractivity contribution in [1.29, 1.82) is 0 Å². The van der Waals surface area contributed by atoms with Gasteiger partial charge in [0.05, 0.1) is 0 Å². The van der Waals surface area contributed by atoms with Crippen molar-refractivity contribution < 1.29 is 9.59 Å². The number of halogens is 1. The van der Waals surface area contributed by atoms with Gasteiger partial charge in [0.15, 0.2) is 0 Å². The van der Waals surface area contributed by atoms with E-state index in [1.165, 1.54) is 0 Å². The minimum absolute atomic E-state index is 0.192. The lowest BCUT2D eigenvalue weighted by Crippen LogP contribution is -2.14. The highest BCUT2D eigenvalue weighted by Gasteiger charge is 2.11. The van der Waals surface area contributed by atoms with E-state index in [9.17, 15) is 9.59 Å². The number of amides is 2. The Kier molecular flexibility index (Phi) is 5.57. The van der Waals surface area contributed by atoms with Crippen molar-refractivity contribution in [3.63, 3.8) is 0 Å². The van der Waals surface area contributed by atoms with Crippen LogP contribution >= 0.6 is 22.6 Å². The van der Waals surface area contributed by atoms with Crippen LogP contribution in [-0.4, -0.2) is 11.8 Å². The summed E-state index contributed by atoms with van der Waals surface area (Å²) in [6.45, 7) is 0. The topological polar surface area (TPSA) is 58.2 Å². The average molecular weight is 492 g/mol. The molecule has 0 aliphatic heterocycles. The first-order valence-corrected chi connectivity index (χ1v) is 10.1. The SMILES string of the molecule is O=C(Nc1cccc(NC(=O)c2cccc3ccccc23)c1)c1ccc(I)cc1. The van der Waals surface area contributed by atoms with Crippen molar-refractivity contribution in [2.45, 2.75) is 0 Å². The Balaban J connectivity index is 1.52. The van der Waals surface area contributed by atoms with Crippen molar-refractivity contribution in [2.24, 2.45) is 0 Å². The molecule has 4 aromatic carbocycles. The molecular formula is C24H17IN2O2. The van der Waals surface area contributed by atoms with Crippen LogP contribution in [0.3, 0.4) is 0 Å². The van der Waals surface area contributed by atoms with Crippen LogP contribution in [-0.2, 0) is 0 Å². The number of carbonyl (C=O) groups excluding carboxylic acids is 2. The van der Waals surface area contributed by atoms with Crippen LogP contribution < -0.4 is 10.6 Å². The molecule has 0 atom stereocenters. The molecule has 0 unspecified atom stereocenters. The van der Waals surface area contributed by atoms with Crippen LogP contribution in [0.1, 0.15) is 20.7 Å². The summed E-state index contributed by atoms with van der Waals surface area (Å²) in [4.78, 5) is 25.2. The monoisotopic (exact) mass is 492 g/mol. The number of fused-ring (bicyclic) bond motifs is 1. The van der Waals surface area contributed by atoms with E-state index in [0.717, 1.165) is 14.3 Å². The lowest BCUT2D eigenvalue weighted by Gasteiger charge is -2.10. The lowest BCUT2D eigenvalue weighted by molar-refractivity contribution is 0.102. The minimum Gasteiger partial charge on any atom is -0.322 e. The van der Waals surface area contributed by atoms with Gasteiger partial charge in [-0.2, -0.15) is 0 Å². The van der Waals surface area contributed by atoms with Crippen LogP contribution in [0, 0.1) is 3.57 Å². The summed E-state index contributed by atoms with van der Waals surface area (Å²) in [6, 6.07) is 27.9. The fraction of sp³-hybridized carbons (Fsp3) is 0. The van der Waals surface area contributed by atoms with Crippen LogP contribution in [0.2, 0.25) is 0 Å². The summed E-state index contributed by atoms with van der Waals surface area (Å²) >= 11 is 2.20. The Bertz CT molecular complexity index is 1200. The summed E-state index contributed by atoms with van der Waals surface area (Å²) in [6.07, 6.45) is 0. The van der Waals surface area contributed by atoms with E-state index in [1.54, 1.807) is 42.5 Å². The van der Waals surface area contributed by atoms with Gasteiger partial charge < -0.3 is 10.6 Å². The van der Waals surface area contributed by atoms with E-state index < -0.39 is 0 Å². The molecule has 0 heterocycles. The minimum atomic E-state index is -0.195. The van der Waals surface area contributed by atoms with Crippen LogP contribution in [0.4, 0.5) is 11.4 Å². The third-order valence-electron chi connectivity index (χ3n) is 4.52. The molecule has 0 aliphatic rings. The van der Waals surface area contributed by atoms with E-state index in [1.807, 2.05) is 48.5 Å². The van der Waals surface area contributed by atoms with Gasteiger partial charge in [-0.3, -0.25) is 9.59 Å². The van der Waals surface area contributed by atoms with Gasteiger partial charge in [-0.15, -0.1) is 0 Å². The second kappa shape index (κ2) is 8.45. The highest BCUT2D eigenvalue weighted by molar-refractivity contribution is 14.1. The molecule has 29 heavy (non-hydrogen) atoms. The molecule has 0 bridgehead atoms. The molecule has 4 rings (SSSR count). The number of hydrogen-bond donors (Lipinski definition) is 2. The van der Waals surface area contributed by atoms with Gasteiger partial charge in [-0.25, -0.2) is 0 Å². The van der Waals surface area contributed by atoms with Crippen molar-refractivity contribution in [1.82, 2.24) is 0 Å². The first-order chi connectivity index (χ1) is 14.1. The molecule has 0 spiro atoms. The third kappa shape index (κ3) is 4.46. The molecule has 5 heteroatoms. The van der Waals surface area contributed by atoms with Gasteiger partial charge in [0.25, 0.3) is 11.8 Å². The maximum Gasteiger partial charge on any atom is 0.256 e. The maximum atomic E-state index is 12.8. The van der Waals surface area contributed by atoms with Gasteiger partial charge in [0.2, 0.25) is 0 Å². The predicted molar refractivity (Wildman–Crippen MR) is 125 cm³/mol. The molecule has 142 valence electrons. The van der Waals surface area contributed by atoms with Gasteiger partial charge in [-0.1, -0.05) is 42.5 Å². The van der Waals surface area contributed by atoms with Gasteiger partial charge >= 0.3 is 0 Å². The third-order valence-corrected chi connectivity index (χ3v) is 5.24. The highest BCUT2D eigenvalue weighted by Crippen LogP contribution is 2.21. The standard InChI is InChI=1S/C24H17IN2O2/c25-18-13-11-17(12-14-18)23(28)26-19-7-4-8-20(15-19)27-24(29)22-10-3-6-16-5-1-2-9-21(16)22/h1-15H,(H,26,28)(H,27,29). The number of rotatable bonds is 4. The van der Waals surface area contributed by atoms with Crippen LogP contribution in [0.15, 0.2) is 91.0 Å². The van der Waals surface area contributed by atoms with Crippen molar-refractivity contribution in [3.8, 4) is 0 Å². The molecule has 0 saturated carbocycles. The normalized spacial score (nSPS) is 10.5. The molecule has 4 nitrogen and oxygen atoms in total. The molecular weight excluding hydrogens is 475 g/mol. The van der Waals surface area contributed by atoms with E-state index in [0.29, 0.717) is 22.5 Å². The zero-order valence-corrected chi connectivity index (χ0v) is 17.5. The van der Waals surface area contributed by atoms with Gasteiger partial charge in [-0.05, 0) is 81.9 Å². The largest absolute Gasteiger partial charge is 0.322 e. The quantitative estimate of drug-likeness (QED) is 0.346. The highest BCUT2D eigenvalue weighted by atomic mass is 127. The van der Waals surface area contributed by atoms with E-state index in [-0.39, 0.29) is 11.8 Å². The molecule has 0 aromatic heterocycles. The first kappa shape index (κ1) is 19.1. The summed E-state index contributed by atoms with van der Waals surface area (Å²) in [5, 5.41) is 7.70. The number of nitrogens with one attached hydrogen (secondary N) is 2. The molecule has 0 radical (unpaired) electrons. The van der Waals surface area contributed by atoms with Gasteiger partial charge in [0, 0.05) is 26.1 Å². The Morgan fingerprint density at radius 1 is 0.655 bits per heavy atom. The molecule has 4 aromatic rings. The van der Waals surface area contributed by atoms with Crippen LogP contribution in [0.5, 0.6) is 0 Å².